The third-order valence-corrected chi connectivity index (χ3v) is 3.24. The molecule has 2 rings (SSSR count). The Morgan fingerprint density at radius 1 is 1.15 bits per heavy atom. The molecule has 1 atom stereocenters. The van der Waals surface area contributed by atoms with Gasteiger partial charge in [0.2, 0.25) is 0 Å². The molecule has 104 valence electrons. The van der Waals surface area contributed by atoms with Crippen molar-refractivity contribution in [3.63, 3.8) is 0 Å². The van der Waals surface area contributed by atoms with Crippen molar-refractivity contribution in [2.75, 3.05) is 5.32 Å². The number of carbonyl (C=O) groups is 1. The van der Waals surface area contributed by atoms with Crippen LogP contribution in [0.25, 0.3) is 0 Å². The molecule has 0 aromatic heterocycles. The lowest BCUT2D eigenvalue weighted by Gasteiger charge is -2.15. The molecule has 0 fully saturated rings. The summed E-state index contributed by atoms with van der Waals surface area (Å²) in [6.07, 6.45) is 0. The second kappa shape index (κ2) is 6.44. The third-order valence-electron chi connectivity index (χ3n) is 3.01. The fourth-order valence-corrected chi connectivity index (χ4v) is 2.06. The molecule has 2 aromatic rings. The summed E-state index contributed by atoms with van der Waals surface area (Å²) in [6, 6.07) is 14.8. The van der Waals surface area contributed by atoms with E-state index >= 15 is 0 Å². The number of carbonyl (C=O) groups excluding carboxylic acids is 1. The Bertz CT molecular complexity index is 596. The second-order valence-corrected chi connectivity index (χ2v) is 5.18. The van der Waals surface area contributed by atoms with E-state index in [9.17, 15) is 4.79 Å². The molecule has 2 amide bonds. The average molecular weight is 289 g/mol. The van der Waals surface area contributed by atoms with E-state index in [0.29, 0.717) is 10.7 Å². The van der Waals surface area contributed by atoms with Gasteiger partial charge in [-0.3, -0.25) is 0 Å². The van der Waals surface area contributed by atoms with Crippen LogP contribution in [-0.4, -0.2) is 6.03 Å². The van der Waals surface area contributed by atoms with Crippen LogP contribution in [0.1, 0.15) is 24.1 Å². The molecular formula is C16H17ClN2O. The first-order valence-corrected chi connectivity index (χ1v) is 6.82. The van der Waals surface area contributed by atoms with Gasteiger partial charge in [0.05, 0.1) is 6.04 Å². The highest BCUT2D eigenvalue weighted by Gasteiger charge is 2.09. The number of urea groups is 1. The lowest BCUT2D eigenvalue weighted by atomic mass is 10.1. The van der Waals surface area contributed by atoms with Crippen molar-refractivity contribution < 1.29 is 4.79 Å². The quantitative estimate of drug-likeness (QED) is 0.856. The molecule has 0 unspecified atom stereocenters. The number of amides is 2. The van der Waals surface area contributed by atoms with Crippen LogP contribution in [0.5, 0.6) is 0 Å². The van der Waals surface area contributed by atoms with Crippen LogP contribution in [-0.2, 0) is 0 Å². The highest BCUT2D eigenvalue weighted by Crippen LogP contribution is 2.16. The van der Waals surface area contributed by atoms with E-state index < -0.39 is 0 Å². The van der Waals surface area contributed by atoms with Crippen molar-refractivity contribution >= 4 is 23.3 Å². The van der Waals surface area contributed by atoms with E-state index in [4.69, 9.17) is 11.6 Å². The number of nitrogens with one attached hydrogen (secondary N) is 2. The van der Waals surface area contributed by atoms with E-state index in [2.05, 4.69) is 10.6 Å². The summed E-state index contributed by atoms with van der Waals surface area (Å²) in [7, 11) is 0. The standard InChI is InChI=1S/C16H17ClN2O/c1-11-6-8-13(9-7-11)12(2)18-16(20)19-15-5-3-4-14(17)10-15/h3-10,12H,1-2H3,(H2,18,19,20)/t12-/m1/s1. The normalized spacial score (nSPS) is 11.8. The van der Waals surface area contributed by atoms with Gasteiger partial charge in [0.1, 0.15) is 0 Å². The Balaban J connectivity index is 1.95. The van der Waals surface area contributed by atoms with Gasteiger partial charge in [0, 0.05) is 10.7 Å². The van der Waals surface area contributed by atoms with Crippen molar-refractivity contribution in [1.29, 1.82) is 0 Å². The Kier molecular flexibility index (Phi) is 4.64. The zero-order valence-electron chi connectivity index (χ0n) is 11.5. The minimum absolute atomic E-state index is 0.0604. The van der Waals surface area contributed by atoms with Gasteiger partial charge >= 0.3 is 6.03 Å². The van der Waals surface area contributed by atoms with E-state index in [-0.39, 0.29) is 12.1 Å². The van der Waals surface area contributed by atoms with E-state index in [1.165, 1.54) is 5.56 Å². The van der Waals surface area contributed by atoms with Gasteiger partial charge in [0.15, 0.2) is 0 Å². The van der Waals surface area contributed by atoms with E-state index in [0.717, 1.165) is 5.56 Å². The molecule has 0 heterocycles. The molecule has 20 heavy (non-hydrogen) atoms. The maximum atomic E-state index is 11.9. The van der Waals surface area contributed by atoms with Crippen LogP contribution in [0, 0.1) is 6.92 Å². The molecule has 0 saturated carbocycles. The lowest BCUT2D eigenvalue weighted by Crippen LogP contribution is -2.31. The average Bonchev–Trinajstić information content (AvgIpc) is 2.39. The first-order valence-electron chi connectivity index (χ1n) is 6.44. The largest absolute Gasteiger partial charge is 0.331 e. The number of aryl methyl sites for hydroxylation is 1. The second-order valence-electron chi connectivity index (χ2n) is 4.74. The van der Waals surface area contributed by atoms with Crippen molar-refractivity contribution in [3.05, 3.63) is 64.7 Å². The molecule has 3 nitrogen and oxygen atoms in total. The number of rotatable bonds is 3. The predicted molar refractivity (Wildman–Crippen MR) is 83.2 cm³/mol. The maximum Gasteiger partial charge on any atom is 0.319 e. The zero-order valence-corrected chi connectivity index (χ0v) is 12.2. The molecular weight excluding hydrogens is 272 g/mol. The molecule has 2 N–H and O–H groups in total. The highest BCUT2D eigenvalue weighted by atomic mass is 35.5. The number of hydrogen-bond acceptors (Lipinski definition) is 1. The summed E-state index contributed by atoms with van der Waals surface area (Å²) in [5.74, 6) is 0. The van der Waals surface area contributed by atoms with Crippen molar-refractivity contribution in [1.82, 2.24) is 5.32 Å². The fourth-order valence-electron chi connectivity index (χ4n) is 1.87. The van der Waals surface area contributed by atoms with E-state index in [1.807, 2.05) is 38.1 Å². The number of hydrogen-bond donors (Lipinski definition) is 2. The minimum Gasteiger partial charge on any atom is -0.331 e. The Morgan fingerprint density at radius 2 is 1.85 bits per heavy atom. The van der Waals surface area contributed by atoms with Gasteiger partial charge in [-0.25, -0.2) is 4.79 Å². The van der Waals surface area contributed by atoms with Gasteiger partial charge < -0.3 is 10.6 Å². The van der Waals surface area contributed by atoms with Crippen molar-refractivity contribution in [3.8, 4) is 0 Å². The molecule has 0 aliphatic heterocycles. The first kappa shape index (κ1) is 14.4. The maximum absolute atomic E-state index is 11.9. The lowest BCUT2D eigenvalue weighted by molar-refractivity contribution is 0.249. The number of halogens is 1. The van der Waals surface area contributed by atoms with Crippen molar-refractivity contribution in [2.24, 2.45) is 0 Å². The molecule has 0 radical (unpaired) electrons. The Labute approximate surface area is 124 Å². The summed E-state index contributed by atoms with van der Waals surface area (Å²) in [4.78, 5) is 11.9. The van der Waals surface area contributed by atoms with Crippen LogP contribution >= 0.6 is 11.6 Å². The van der Waals surface area contributed by atoms with Gasteiger partial charge in [-0.15, -0.1) is 0 Å². The molecule has 0 saturated heterocycles. The van der Waals surface area contributed by atoms with Crippen LogP contribution < -0.4 is 10.6 Å². The van der Waals surface area contributed by atoms with Crippen LogP contribution in [0.15, 0.2) is 48.5 Å². The van der Waals surface area contributed by atoms with Gasteiger partial charge in [-0.2, -0.15) is 0 Å². The Hall–Kier alpha value is -2.00. The smallest absolute Gasteiger partial charge is 0.319 e. The van der Waals surface area contributed by atoms with Crippen molar-refractivity contribution in [2.45, 2.75) is 19.9 Å². The molecule has 0 aliphatic carbocycles. The first-order chi connectivity index (χ1) is 9.54. The minimum atomic E-state index is -0.250. The molecule has 0 spiro atoms. The molecule has 4 heteroatoms. The summed E-state index contributed by atoms with van der Waals surface area (Å²) in [5.41, 5.74) is 2.94. The van der Waals surface area contributed by atoms with Crippen LogP contribution in [0.2, 0.25) is 5.02 Å². The van der Waals surface area contributed by atoms with Crippen LogP contribution in [0.3, 0.4) is 0 Å². The molecule has 0 aliphatic rings. The SMILES string of the molecule is Cc1ccc([C@@H](C)NC(=O)Nc2cccc(Cl)c2)cc1. The number of anilines is 1. The zero-order chi connectivity index (χ0) is 14.5. The summed E-state index contributed by atoms with van der Waals surface area (Å²) in [6.45, 7) is 3.98. The highest BCUT2D eigenvalue weighted by molar-refractivity contribution is 6.30. The summed E-state index contributed by atoms with van der Waals surface area (Å²) < 4.78 is 0. The van der Waals surface area contributed by atoms with Gasteiger partial charge in [0.25, 0.3) is 0 Å². The van der Waals surface area contributed by atoms with Gasteiger partial charge in [-0.05, 0) is 37.6 Å². The van der Waals surface area contributed by atoms with E-state index in [1.54, 1.807) is 24.3 Å². The molecule has 2 aromatic carbocycles. The molecule has 0 bridgehead atoms. The van der Waals surface area contributed by atoms with Crippen LogP contribution in [0.4, 0.5) is 10.5 Å². The Morgan fingerprint density at radius 3 is 2.50 bits per heavy atom. The summed E-state index contributed by atoms with van der Waals surface area (Å²) in [5, 5.41) is 6.24. The number of benzene rings is 2. The van der Waals surface area contributed by atoms with Gasteiger partial charge in [-0.1, -0.05) is 47.5 Å². The monoisotopic (exact) mass is 288 g/mol. The fraction of sp³-hybridized carbons (Fsp3) is 0.188. The predicted octanol–water partition coefficient (Wildman–Crippen LogP) is 4.53. The summed E-state index contributed by atoms with van der Waals surface area (Å²) >= 11 is 5.87. The topological polar surface area (TPSA) is 41.1 Å². The third kappa shape index (κ3) is 4.00.